The van der Waals surface area contributed by atoms with Crippen LogP contribution in [0, 0.1) is 6.92 Å². The van der Waals surface area contributed by atoms with Crippen molar-refractivity contribution >= 4 is 17.5 Å². The van der Waals surface area contributed by atoms with E-state index in [1.807, 2.05) is 17.8 Å². The smallest absolute Gasteiger partial charge is 0.379 e. The van der Waals surface area contributed by atoms with Gasteiger partial charge >= 0.3 is 6.18 Å². The quantitative estimate of drug-likeness (QED) is 0.842. The fraction of sp³-hybridized carbons (Fsp3) is 0.562. The van der Waals surface area contributed by atoms with Gasteiger partial charge in [0.05, 0.1) is 30.5 Å². The molecule has 2 N–H and O–H groups in total. The molecule has 1 aliphatic rings. The molecule has 0 aromatic carbocycles. The monoisotopic (exact) mass is 370 g/mol. The molecule has 7 nitrogen and oxygen atoms in total. The molecule has 26 heavy (non-hydrogen) atoms. The van der Waals surface area contributed by atoms with Crippen molar-refractivity contribution in [1.29, 1.82) is 0 Å². The van der Waals surface area contributed by atoms with Crippen LogP contribution in [0.15, 0.2) is 12.4 Å². The Bertz CT molecular complexity index is 755. The SMILES string of the molecule is CNc1nc(Nc2cn(C3CCCOC3)nc2C)ncc1CC(F)(F)F. The van der Waals surface area contributed by atoms with Crippen LogP contribution in [-0.4, -0.2) is 46.2 Å². The Kier molecular flexibility index (Phi) is 5.30. The Morgan fingerprint density at radius 1 is 1.38 bits per heavy atom. The first-order valence-corrected chi connectivity index (χ1v) is 8.36. The molecule has 1 fully saturated rings. The van der Waals surface area contributed by atoms with Gasteiger partial charge in [0.25, 0.3) is 0 Å². The highest BCUT2D eigenvalue weighted by Gasteiger charge is 2.29. The van der Waals surface area contributed by atoms with Gasteiger partial charge in [0, 0.05) is 31.6 Å². The molecule has 2 aromatic heterocycles. The molecule has 142 valence electrons. The Morgan fingerprint density at radius 3 is 2.85 bits per heavy atom. The number of ether oxygens (including phenoxy) is 1. The molecule has 0 saturated carbocycles. The van der Waals surface area contributed by atoms with E-state index >= 15 is 0 Å². The third-order valence-electron chi connectivity index (χ3n) is 4.17. The van der Waals surface area contributed by atoms with Crippen LogP contribution in [0.25, 0.3) is 0 Å². The molecule has 1 aliphatic heterocycles. The molecule has 0 spiro atoms. The maximum atomic E-state index is 12.6. The zero-order valence-corrected chi connectivity index (χ0v) is 14.6. The Hall–Kier alpha value is -2.36. The molecule has 0 bridgehead atoms. The van der Waals surface area contributed by atoms with E-state index in [9.17, 15) is 13.2 Å². The van der Waals surface area contributed by atoms with E-state index in [0.29, 0.717) is 12.3 Å². The topological polar surface area (TPSA) is 76.9 Å². The predicted molar refractivity (Wildman–Crippen MR) is 90.7 cm³/mol. The lowest BCUT2D eigenvalue weighted by Gasteiger charge is -2.22. The minimum absolute atomic E-state index is 0.00248. The lowest BCUT2D eigenvalue weighted by atomic mass is 10.1. The molecule has 0 amide bonds. The van der Waals surface area contributed by atoms with E-state index in [1.165, 1.54) is 13.2 Å². The van der Waals surface area contributed by atoms with Gasteiger partial charge in [0.2, 0.25) is 5.95 Å². The van der Waals surface area contributed by atoms with E-state index in [-0.39, 0.29) is 23.4 Å². The number of rotatable bonds is 5. The number of nitrogens with one attached hydrogen (secondary N) is 2. The minimum atomic E-state index is -4.32. The first-order chi connectivity index (χ1) is 12.4. The van der Waals surface area contributed by atoms with Crippen molar-refractivity contribution in [3.63, 3.8) is 0 Å². The van der Waals surface area contributed by atoms with Gasteiger partial charge in [-0.05, 0) is 19.8 Å². The van der Waals surface area contributed by atoms with Crippen LogP contribution in [0.5, 0.6) is 0 Å². The number of hydrogen-bond donors (Lipinski definition) is 2. The van der Waals surface area contributed by atoms with Crippen molar-refractivity contribution in [2.24, 2.45) is 0 Å². The van der Waals surface area contributed by atoms with Gasteiger partial charge < -0.3 is 15.4 Å². The summed E-state index contributed by atoms with van der Waals surface area (Å²) in [6, 6.07) is 0.181. The molecule has 1 unspecified atom stereocenters. The second-order valence-electron chi connectivity index (χ2n) is 6.21. The standard InChI is InChI=1S/C16H21F3N6O/c1-10-13(8-25(24-10)12-4-3-5-26-9-12)22-15-21-7-11(6-16(17,18)19)14(20-2)23-15/h7-8,12H,3-6,9H2,1-2H3,(H2,20,21,22,23). The molecule has 2 aromatic rings. The molecular weight excluding hydrogens is 349 g/mol. The van der Waals surface area contributed by atoms with Crippen LogP contribution in [0.3, 0.4) is 0 Å². The Labute approximate surface area is 149 Å². The van der Waals surface area contributed by atoms with Crippen LogP contribution in [0.1, 0.15) is 30.1 Å². The Morgan fingerprint density at radius 2 is 2.19 bits per heavy atom. The summed E-state index contributed by atoms with van der Waals surface area (Å²) < 4.78 is 45.2. The highest BCUT2D eigenvalue weighted by molar-refractivity contribution is 5.57. The van der Waals surface area contributed by atoms with Crippen molar-refractivity contribution in [1.82, 2.24) is 19.7 Å². The fourth-order valence-corrected chi connectivity index (χ4v) is 2.87. The maximum Gasteiger partial charge on any atom is 0.393 e. The lowest BCUT2D eigenvalue weighted by molar-refractivity contribution is -0.127. The Balaban J connectivity index is 1.77. The summed E-state index contributed by atoms with van der Waals surface area (Å²) in [6.45, 7) is 3.24. The second-order valence-corrected chi connectivity index (χ2v) is 6.21. The summed E-state index contributed by atoms with van der Waals surface area (Å²) in [5.74, 6) is 0.355. The lowest BCUT2D eigenvalue weighted by Crippen LogP contribution is -2.21. The number of aryl methyl sites for hydroxylation is 1. The van der Waals surface area contributed by atoms with E-state index in [0.717, 1.165) is 25.1 Å². The summed E-state index contributed by atoms with van der Waals surface area (Å²) in [6.07, 6.45) is -0.384. The number of halogens is 3. The molecular formula is C16H21F3N6O. The van der Waals surface area contributed by atoms with Crippen LogP contribution in [0.2, 0.25) is 0 Å². The van der Waals surface area contributed by atoms with E-state index in [4.69, 9.17) is 4.74 Å². The normalized spacial score (nSPS) is 18.0. The van der Waals surface area contributed by atoms with Crippen LogP contribution in [-0.2, 0) is 11.2 Å². The summed E-state index contributed by atoms with van der Waals surface area (Å²) in [7, 11) is 1.53. The highest BCUT2D eigenvalue weighted by atomic mass is 19.4. The second kappa shape index (κ2) is 7.48. The molecule has 1 atom stereocenters. The van der Waals surface area contributed by atoms with Crippen molar-refractivity contribution in [3.05, 3.63) is 23.7 Å². The van der Waals surface area contributed by atoms with Gasteiger partial charge in [-0.15, -0.1) is 0 Å². The minimum Gasteiger partial charge on any atom is -0.379 e. The summed E-state index contributed by atoms with van der Waals surface area (Å²) >= 11 is 0. The number of nitrogens with zero attached hydrogens (tertiary/aromatic N) is 4. The first kappa shape index (κ1) is 18.4. The van der Waals surface area contributed by atoms with E-state index in [2.05, 4.69) is 25.7 Å². The number of anilines is 3. The molecule has 10 heteroatoms. The summed E-state index contributed by atoms with van der Waals surface area (Å²) in [4.78, 5) is 8.14. The van der Waals surface area contributed by atoms with E-state index in [1.54, 1.807) is 0 Å². The molecule has 0 aliphatic carbocycles. The van der Waals surface area contributed by atoms with Crippen molar-refractivity contribution in [3.8, 4) is 0 Å². The fourth-order valence-electron chi connectivity index (χ4n) is 2.87. The van der Waals surface area contributed by atoms with Crippen molar-refractivity contribution in [2.75, 3.05) is 30.9 Å². The maximum absolute atomic E-state index is 12.6. The van der Waals surface area contributed by atoms with Crippen molar-refractivity contribution < 1.29 is 17.9 Å². The van der Waals surface area contributed by atoms with Gasteiger partial charge in [-0.3, -0.25) is 4.68 Å². The highest BCUT2D eigenvalue weighted by Crippen LogP contribution is 2.27. The average molecular weight is 370 g/mol. The average Bonchev–Trinajstić information content (AvgIpc) is 2.96. The first-order valence-electron chi connectivity index (χ1n) is 8.36. The molecule has 3 rings (SSSR count). The molecule has 0 radical (unpaired) electrons. The van der Waals surface area contributed by atoms with Gasteiger partial charge in [-0.25, -0.2) is 4.98 Å². The van der Waals surface area contributed by atoms with Gasteiger partial charge in [-0.1, -0.05) is 0 Å². The van der Waals surface area contributed by atoms with Gasteiger partial charge in [-0.2, -0.15) is 23.3 Å². The largest absolute Gasteiger partial charge is 0.393 e. The van der Waals surface area contributed by atoms with Gasteiger partial charge in [0.15, 0.2) is 0 Å². The van der Waals surface area contributed by atoms with Crippen LogP contribution in [0.4, 0.5) is 30.6 Å². The number of alkyl halides is 3. The van der Waals surface area contributed by atoms with Gasteiger partial charge in [0.1, 0.15) is 5.82 Å². The summed E-state index contributed by atoms with van der Waals surface area (Å²) in [5.41, 5.74) is 1.46. The van der Waals surface area contributed by atoms with E-state index < -0.39 is 12.6 Å². The third kappa shape index (κ3) is 4.43. The summed E-state index contributed by atoms with van der Waals surface area (Å²) in [5, 5.41) is 10.2. The van der Waals surface area contributed by atoms with Crippen LogP contribution >= 0.6 is 0 Å². The number of hydrogen-bond acceptors (Lipinski definition) is 6. The predicted octanol–water partition coefficient (Wildman–Crippen LogP) is 3.22. The van der Waals surface area contributed by atoms with Crippen LogP contribution < -0.4 is 10.6 Å². The zero-order chi connectivity index (χ0) is 18.7. The van der Waals surface area contributed by atoms with Crippen molar-refractivity contribution in [2.45, 2.75) is 38.4 Å². The molecule has 3 heterocycles. The molecule has 1 saturated heterocycles. The third-order valence-corrected chi connectivity index (χ3v) is 4.17. The number of aromatic nitrogens is 4. The zero-order valence-electron chi connectivity index (χ0n) is 14.6.